The van der Waals surface area contributed by atoms with E-state index in [1.807, 2.05) is 17.5 Å². The van der Waals surface area contributed by atoms with Crippen molar-refractivity contribution in [2.75, 3.05) is 12.3 Å². The van der Waals surface area contributed by atoms with Gasteiger partial charge in [-0.05, 0) is 58.4 Å². The SMILES string of the molecule is Nc1ccc(Br)c(S(=O)(=O)N2CCCC2c2cccs2)c1. The zero-order valence-corrected chi connectivity index (χ0v) is 14.4. The molecule has 1 saturated heterocycles. The van der Waals surface area contributed by atoms with Gasteiger partial charge < -0.3 is 5.73 Å². The molecule has 7 heteroatoms. The molecule has 21 heavy (non-hydrogen) atoms. The molecule has 2 aromatic rings. The number of halogens is 1. The van der Waals surface area contributed by atoms with Crippen LogP contribution in [0.1, 0.15) is 23.8 Å². The molecular weight excluding hydrogens is 372 g/mol. The van der Waals surface area contributed by atoms with E-state index in [9.17, 15) is 8.42 Å². The first-order chi connectivity index (χ1) is 10.00. The Hall–Kier alpha value is -0.890. The first kappa shape index (κ1) is 15.0. The van der Waals surface area contributed by atoms with Gasteiger partial charge in [0.1, 0.15) is 0 Å². The van der Waals surface area contributed by atoms with Gasteiger partial charge >= 0.3 is 0 Å². The van der Waals surface area contributed by atoms with Gasteiger partial charge in [0.25, 0.3) is 0 Å². The maximum absolute atomic E-state index is 13.0. The van der Waals surface area contributed by atoms with E-state index < -0.39 is 10.0 Å². The van der Waals surface area contributed by atoms with Crippen LogP contribution < -0.4 is 5.73 Å². The molecule has 1 aromatic heterocycles. The van der Waals surface area contributed by atoms with Gasteiger partial charge in [0.2, 0.25) is 10.0 Å². The van der Waals surface area contributed by atoms with Crippen LogP contribution in [0, 0.1) is 0 Å². The average Bonchev–Trinajstić information content (AvgIpc) is 3.10. The van der Waals surface area contributed by atoms with Crippen LogP contribution >= 0.6 is 27.3 Å². The Morgan fingerprint density at radius 3 is 2.86 bits per heavy atom. The standard InChI is InChI=1S/C14H15BrN2O2S2/c15-11-6-5-10(16)9-14(11)21(18,19)17-7-1-3-12(17)13-4-2-8-20-13/h2,4-6,8-9,12H,1,3,7,16H2. The monoisotopic (exact) mass is 386 g/mol. The highest BCUT2D eigenvalue weighted by molar-refractivity contribution is 9.10. The zero-order valence-electron chi connectivity index (χ0n) is 11.2. The predicted octanol–water partition coefficient (Wildman–Crippen LogP) is 3.62. The average molecular weight is 387 g/mol. The minimum atomic E-state index is -3.55. The molecule has 1 aliphatic rings. The Balaban J connectivity index is 2.03. The molecule has 0 spiro atoms. The van der Waals surface area contributed by atoms with Crippen LogP contribution in [0.4, 0.5) is 5.69 Å². The van der Waals surface area contributed by atoms with Gasteiger partial charge in [-0.3, -0.25) is 0 Å². The number of sulfonamides is 1. The fourth-order valence-electron chi connectivity index (χ4n) is 2.64. The molecule has 3 rings (SSSR count). The fourth-order valence-corrected chi connectivity index (χ4v) is 6.21. The van der Waals surface area contributed by atoms with Gasteiger partial charge in [-0.1, -0.05) is 6.07 Å². The first-order valence-electron chi connectivity index (χ1n) is 6.60. The highest BCUT2D eigenvalue weighted by Crippen LogP contribution is 2.39. The van der Waals surface area contributed by atoms with Crippen LogP contribution in [-0.2, 0) is 10.0 Å². The molecule has 1 unspecified atom stereocenters. The van der Waals surface area contributed by atoms with E-state index in [0.29, 0.717) is 16.7 Å². The number of thiophene rings is 1. The molecule has 0 bridgehead atoms. The Kier molecular flexibility index (Phi) is 4.09. The van der Waals surface area contributed by atoms with Crippen molar-refractivity contribution in [2.45, 2.75) is 23.8 Å². The van der Waals surface area contributed by atoms with E-state index in [4.69, 9.17) is 5.73 Å². The Morgan fingerprint density at radius 2 is 2.14 bits per heavy atom. The number of nitrogens with two attached hydrogens (primary N) is 1. The van der Waals surface area contributed by atoms with Crippen molar-refractivity contribution in [3.8, 4) is 0 Å². The summed E-state index contributed by atoms with van der Waals surface area (Å²) in [5, 5.41) is 1.98. The van der Waals surface area contributed by atoms with Gasteiger partial charge in [-0.2, -0.15) is 4.31 Å². The Bertz CT molecular complexity index is 744. The van der Waals surface area contributed by atoms with Crippen molar-refractivity contribution < 1.29 is 8.42 Å². The summed E-state index contributed by atoms with van der Waals surface area (Å²) in [4.78, 5) is 1.34. The van der Waals surface area contributed by atoms with Crippen LogP contribution in [-0.4, -0.2) is 19.3 Å². The van der Waals surface area contributed by atoms with E-state index in [1.54, 1.807) is 27.8 Å². The molecule has 1 fully saturated rings. The van der Waals surface area contributed by atoms with Gasteiger partial charge in [0.05, 0.1) is 10.9 Å². The van der Waals surface area contributed by atoms with E-state index in [-0.39, 0.29) is 10.9 Å². The smallest absolute Gasteiger partial charge is 0.244 e. The minimum absolute atomic E-state index is 0.0664. The Morgan fingerprint density at radius 1 is 1.33 bits per heavy atom. The topological polar surface area (TPSA) is 63.4 Å². The quantitative estimate of drug-likeness (QED) is 0.819. The second-order valence-electron chi connectivity index (χ2n) is 4.98. The van der Waals surface area contributed by atoms with Gasteiger partial charge in [-0.15, -0.1) is 11.3 Å². The van der Waals surface area contributed by atoms with E-state index in [0.717, 1.165) is 17.7 Å². The first-order valence-corrected chi connectivity index (χ1v) is 9.71. The van der Waals surface area contributed by atoms with E-state index >= 15 is 0 Å². The number of nitrogens with zero attached hydrogens (tertiary/aromatic N) is 1. The predicted molar refractivity (Wildman–Crippen MR) is 88.7 cm³/mol. The van der Waals surface area contributed by atoms with Crippen LogP contribution in [0.5, 0.6) is 0 Å². The van der Waals surface area contributed by atoms with Gasteiger partial charge in [0.15, 0.2) is 0 Å². The van der Waals surface area contributed by atoms with Crippen LogP contribution in [0.2, 0.25) is 0 Å². The zero-order chi connectivity index (χ0) is 15.0. The molecule has 0 amide bonds. The summed E-state index contributed by atoms with van der Waals surface area (Å²) in [6.45, 7) is 0.548. The van der Waals surface area contributed by atoms with Crippen LogP contribution in [0.15, 0.2) is 45.1 Å². The molecule has 2 heterocycles. The lowest BCUT2D eigenvalue weighted by molar-refractivity contribution is 0.400. The number of nitrogen functional groups attached to an aromatic ring is 1. The summed E-state index contributed by atoms with van der Waals surface area (Å²) in [5.41, 5.74) is 6.20. The van der Waals surface area contributed by atoms with Gasteiger partial charge in [-0.25, -0.2) is 8.42 Å². The summed E-state index contributed by atoms with van der Waals surface area (Å²) >= 11 is 4.92. The number of hydrogen-bond acceptors (Lipinski definition) is 4. The number of anilines is 1. The summed E-state index contributed by atoms with van der Waals surface area (Å²) in [5.74, 6) is 0. The molecule has 112 valence electrons. The molecule has 1 aromatic carbocycles. The van der Waals surface area contributed by atoms with Gasteiger partial charge in [0, 0.05) is 21.6 Å². The summed E-state index contributed by atoms with van der Waals surface area (Å²) < 4.78 is 28.1. The molecule has 0 aliphatic carbocycles. The molecule has 4 nitrogen and oxygen atoms in total. The highest BCUT2D eigenvalue weighted by Gasteiger charge is 2.37. The summed E-state index contributed by atoms with van der Waals surface area (Å²) in [7, 11) is -3.55. The van der Waals surface area contributed by atoms with Crippen LogP contribution in [0.3, 0.4) is 0 Å². The van der Waals surface area contributed by atoms with Crippen molar-refractivity contribution in [2.24, 2.45) is 0 Å². The summed E-state index contributed by atoms with van der Waals surface area (Å²) in [6, 6.07) is 8.77. The maximum atomic E-state index is 13.0. The molecule has 1 aliphatic heterocycles. The largest absolute Gasteiger partial charge is 0.399 e. The number of hydrogen-bond donors (Lipinski definition) is 1. The fraction of sp³-hybridized carbons (Fsp3) is 0.286. The normalized spacial score (nSPS) is 20.0. The lowest BCUT2D eigenvalue weighted by Crippen LogP contribution is -2.30. The number of benzene rings is 1. The highest BCUT2D eigenvalue weighted by atomic mass is 79.9. The molecule has 0 saturated carbocycles. The lowest BCUT2D eigenvalue weighted by atomic mass is 10.2. The lowest BCUT2D eigenvalue weighted by Gasteiger charge is -2.24. The third kappa shape index (κ3) is 2.75. The number of rotatable bonds is 3. The third-order valence-electron chi connectivity index (χ3n) is 3.62. The Labute approximate surface area is 136 Å². The van der Waals surface area contributed by atoms with Crippen molar-refractivity contribution in [3.63, 3.8) is 0 Å². The van der Waals surface area contributed by atoms with Crippen LogP contribution in [0.25, 0.3) is 0 Å². The second kappa shape index (κ2) is 5.72. The molecule has 2 N–H and O–H groups in total. The van der Waals surface area contributed by atoms with E-state index in [1.165, 1.54) is 6.07 Å². The molecule has 1 atom stereocenters. The van der Waals surface area contributed by atoms with Crippen molar-refractivity contribution in [1.82, 2.24) is 4.31 Å². The van der Waals surface area contributed by atoms with Crippen molar-refractivity contribution in [3.05, 3.63) is 45.1 Å². The van der Waals surface area contributed by atoms with Crippen molar-refractivity contribution in [1.29, 1.82) is 0 Å². The summed E-state index contributed by atoms with van der Waals surface area (Å²) in [6.07, 6.45) is 1.74. The minimum Gasteiger partial charge on any atom is -0.399 e. The van der Waals surface area contributed by atoms with E-state index in [2.05, 4.69) is 15.9 Å². The molecular formula is C14H15BrN2O2S2. The molecule has 0 radical (unpaired) electrons. The third-order valence-corrected chi connectivity index (χ3v) is 7.49. The second-order valence-corrected chi connectivity index (χ2v) is 8.67. The van der Waals surface area contributed by atoms with Crippen molar-refractivity contribution >= 4 is 43.0 Å². The maximum Gasteiger partial charge on any atom is 0.244 e.